The summed E-state index contributed by atoms with van der Waals surface area (Å²) in [5.74, 6) is 0. The molecule has 48 valence electrons. The highest BCUT2D eigenvalue weighted by molar-refractivity contribution is 9.09. The minimum atomic E-state index is 0.240. The summed E-state index contributed by atoms with van der Waals surface area (Å²) >= 11 is 3.50. The topological polar surface area (TPSA) is 38.0 Å². The molecule has 3 heteroatoms. The van der Waals surface area contributed by atoms with Crippen molar-refractivity contribution in [2.24, 2.45) is 5.73 Å². The number of hydrogen-bond acceptors (Lipinski definition) is 2. The summed E-state index contributed by atoms with van der Waals surface area (Å²) in [6.45, 7) is 1.02. The first-order chi connectivity index (χ1) is 3.79. The molecule has 0 aromatic heterocycles. The fourth-order valence-electron chi connectivity index (χ4n) is 0.844. The molecule has 1 aliphatic heterocycles. The van der Waals surface area contributed by atoms with Gasteiger partial charge in [-0.05, 0) is 12.8 Å². The van der Waals surface area contributed by atoms with Crippen molar-refractivity contribution in [1.29, 1.82) is 0 Å². The molecule has 1 saturated heterocycles. The summed E-state index contributed by atoms with van der Waals surface area (Å²) in [6, 6.07) is 0. The van der Waals surface area contributed by atoms with Crippen molar-refractivity contribution < 1.29 is 0 Å². The zero-order valence-electron chi connectivity index (χ0n) is 4.73. The van der Waals surface area contributed by atoms with E-state index >= 15 is 0 Å². The standard InChI is InChI=1S/C5H11BrN2/c6-4-1-2-5(7)8-3-4/h4-5,8H,1-3,7H2. The van der Waals surface area contributed by atoms with Crippen LogP contribution in [0, 0.1) is 0 Å². The van der Waals surface area contributed by atoms with Gasteiger partial charge in [0.1, 0.15) is 0 Å². The third-order valence-electron chi connectivity index (χ3n) is 1.39. The van der Waals surface area contributed by atoms with Crippen LogP contribution in [0.4, 0.5) is 0 Å². The Morgan fingerprint density at radius 2 is 2.25 bits per heavy atom. The highest BCUT2D eigenvalue weighted by Crippen LogP contribution is 2.11. The molecule has 2 atom stereocenters. The molecule has 0 aromatic carbocycles. The van der Waals surface area contributed by atoms with Crippen LogP contribution in [0.25, 0.3) is 0 Å². The molecule has 0 amide bonds. The third-order valence-corrected chi connectivity index (χ3v) is 2.17. The molecule has 2 nitrogen and oxygen atoms in total. The number of alkyl halides is 1. The van der Waals surface area contributed by atoms with Crippen LogP contribution in [-0.2, 0) is 0 Å². The van der Waals surface area contributed by atoms with Crippen molar-refractivity contribution in [2.45, 2.75) is 23.8 Å². The van der Waals surface area contributed by atoms with Gasteiger partial charge < -0.3 is 11.1 Å². The largest absolute Gasteiger partial charge is 0.316 e. The average Bonchev–Trinajstić information content (AvgIpc) is 1.77. The fourth-order valence-corrected chi connectivity index (χ4v) is 1.30. The predicted molar refractivity (Wildman–Crippen MR) is 37.9 cm³/mol. The minimum absolute atomic E-state index is 0.240. The van der Waals surface area contributed by atoms with Crippen LogP contribution in [0.2, 0.25) is 0 Å². The van der Waals surface area contributed by atoms with Gasteiger partial charge in [-0.15, -0.1) is 0 Å². The van der Waals surface area contributed by atoms with E-state index in [1.54, 1.807) is 0 Å². The number of nitrogens with two attached hydrogens (primary N) is 1. The van der Waals surface area contributed by atoms with Crippen molar-refractivity contribution in [2.75, 3.05) is 6.54 Å². The molecule has 1 rings (SSSR count). The summed E-state index contributed by atoms with van der Waals surface area (Å²) in [7, 11) is 0. The Balaban J connectivity index is 2.19. The lowest BCUT2D eigenvalue weighted by molar-refractivity contribution is 0.422. The van der Waals surface area contributed by atoms with E-state index < -0.39 is 0 Å². The molecule has 3 N–H and O–H groups in total. The van der Waals surface area contributed by atoms with E-state index in [0.717, 1.165) is 13.0 Å². The molecular formula is C5H11BrN2. The first-order valence-corrected chi connectivity index (χ1v) is 3.83. The zero-order chi connectivity index (χ0) is 5.98. The van der Waals surface area contributed by atoms with Crippen LogP contribution in [0.3, 0.4) is 0 Å². The van der Waals surface area contributed by atoms with E-state index in [-0.39, 0.29) is 6.17 Å². The lowest BCUT2D eigenvalue weighted by Crippen LogP contribution is -2.44. The van der Waals surface area contributed by atoms with Gasteiger partial charge in [0.15, 0.2) is 0 Å². The smallest absolute Gasteiger partial charge is 0.0547 e. The monoisotopic (exact) mass is 178 g/mol. The van der Waals surface area contributed by atoms with Gasteiger partial charge in [-0.25, -0.2) is 0 Å². The van der Waals surface area contributed by atoms with Gasteiger partial charge in [-0.1, -0.05) is 15.9 Å². The fraction of sp³-hybridized carbons (Fsp3) is 1.00. The van der Waals surface area contributed by atoms with Crippen LogP contribution in [0.15, 0.2) is 0 Å². The van der Waals surface area contributed by atoms with Gasteiger partial charge in [0.05, 0.1) is 6.17 Å². The number of hydrogen-bond donors (Lipinski definition) is 2. The van der Waals surface area contributed by atoms with Crippen molar-refractivity contribution in [1.82, 2.24) is 5.32 Å². The number of rotatable bonds is 0. The number of piperidine rings is 1. The molecule has 1 heterocycles. The number of halogens is 1. The van der Waals surface area contributed by atoms with E-state index in [0.29, 0.717) is 4.83 Å². The Labute approximate surface area is 58.0 Å². The van der Waals surface area contributed by atoms with Crippen LogP contribution in [0.5, 0.6) is 0 Å². The summed E-state index contributed by atoms with van der Waals surface area (Å²) in [4.78, 5) is 0.641. The first-order valence-electron chi connectivity index (χ1n) is 2.92. The predicted octanol–water partition coefficient (Wildman–Crippen LogP) is 0.418. The summed E-state index contributed by atoms with van der Waals surface area (Å²) in [5.41, 5.74) is 5.56. The summed E-state index contributed by atoms with van der Waals surface area (Å²) in [6.07, 6.45) is 2.54. The summed E-state index contributed by atoms with van der Waals surface area (Å²) < 4.78 is 0. The van der Waals surface area contributed by atoms with E-state index in [1.165, 1.54) is 6.42 Å². The molecule has 0 radical (unpaired) electrons. The Morgan fingerprint density at radius 3 is 2.62 bits per heavy atom. The van der Waals surface area contributed by atoms with Gasteiger partial charge in [0.25, 0.3) is 0 Å². The maximum absolute atomic E-state index is 5.56. The molecule has 2 unspecified atom stereocenters. The van der Waals surface area contributed by atoms with Crippen LogP contribution >= 0.6 is 15.9 Å². The molecule has 0 saturated carbocycles. The van der Waals surface area contributed by atoms with Crippen LogP contribution in [0.1, 0.15) is 12.8 Å². The zero-order valence-corrected chi connectivity index (χ0v) is 6.32. The molecular weight excluding hydrogens is 168 g/mol. The third kappa shape index (κ3) is 1.73. The Hall–Kier alpha value is 0.400. The van der Waals surface area contributed by atoms with E-state index in [2.05, 4.69) is 21.2 Å². The Kier molecular flexibility index (Phi) is 2.28. The lowest BCUT2D eigenvalue weighted by atomic mass is 10.1. The maximum atomic E-state index is 5.56. The van der Waals surface area contributed by atoms with E-state index in [4.69, 9.17) is 5.73 Å². The second-order valence-electron chi connectivity index (χ2n) is 2.19. The van der Waals surface area contributed by atoms with Crippen molar-refractivity contribution in [3.8, 4) is 0 Å². The van der Waals surface area contributed by atoms with E-state index in [9.17, 15) is 0 Å². The molecule has 8 heavy (non-hydrogen) atoms. The van der Waals surface area contributed by atoms with Crippen molar-refractivity contribution >= 4 is 15.9 Å². The maximum Gasteiger partial charge on any atom is 0.0547 e. The lowest BCUT2D eigenvalue weighted by Gasteiger charge is -2.23. The minimum Gasteiger partial charge on any atom is -0.316 e. The van der Waals surface area contributed by atoms with E-state index in [1.807, 2.05) is 0 Å². The average molecular weight is 179 g/mol. The Bertz CT molecular complexity index is 58.8. The normalized spacial score (nSPS) is 39.8. The van der Waals surface area contributed by atoms with Gasteiger partial charge >= 0.3 is 0 Å². The first kappa shape index (κ1) is 6.52. The summed E-state index contributed by atoms with van der Waals surface area (Å²) in [5, 5.41) is 3.16. The highest BCUT2D eigenvalue weighted by Gasteiger charge is 2.13. The second-order valence-corrected chi connectivity index (χ2v) is 3.48. The van der Waals surface area contributed by atoms with Gasteiger partial charge in [-0.3, -0.25) is 0 Å². The molecule has 0 spiro atoms. The van der Waals surface area contributed by atoms with Crippen molar-refractivity contribution in [3.05, 3.63) is 0 Å². The number of nitrogens with one attached hydrogen (secondary N) is 1. The van der Waals surface area contributed by atoms with Gasteiger partial charge in [0.2, 0.25) is 0 Å². The Morgan fingerprint density at radius 1 is 1.50 bits per heavy atom. The quantitative estimate of drug-likeness (QED) is 0.529. The second kappa shape index (κ2) is 2.80. The van der Waals surface area contributed by atoms with Crippen LogP contribution < -0.4 is 11.1 Å². The van der Waals surface area contributed by atoms with Crippen LogP contribution in [-0.4, -0.2) is 17.5 Å². The molecule has 0 aliphatic carbocycles. The van der Waals surface area contributed by atoms with Gasteiger partial charge in [-0.2, -0.15) is 0 Å². The molecule has 0 aromatic rings. The molecule has 0 bridgehead atoms. The van der Waals surface area contributed by atoms with Gasteiger partial charge in [0, 0.05) is 11.4 Å². The van der Waals surface area contributed by atoms with Crippen molar-refractivity contribution in [3.63, 3.8) is 0 Å². The SMILES string of the molecule is NC1CCC(Br)CN1. The molecule has 1 fully saturated rings. The highest BCUT2D eigenvalue weighted by atomic mass is 79.9. The molecule has 1 aliphatic rings.